The minimum absolute atomic E-state index is 0.194. The largest absolute Gasteiger partial charge is 0.494 e. The van der Waals surface area contributed by atoms with Crippen LogP contribution < -0.4 is 15.4 Å². The highest BCUT2D eigenvalue weighted by Gasteiger charge is 2.27. The van der Waals surface area contributed by atoms with Crippen molar-refractivity contribution in [1.82, 2.24) is 10.6 Å². The van der Waals surface area contributed by atoms with Crippen LogP contribution in [0.1, 0.15) is 24.8 Å². The lowest BCUT2D eigenvalue weighted by atomic mass is 10.1. The Hall–Kier alpha value is -1.85. The fourth-order valence-electron chi connectivity index (χ4n) is 2.48. The van der Waals surface area contributed by atoms with Crippen LogP contribution in [0.15, 0.2) is 18.2 Å². The summed E-state index contributed by atoms with van der Waals surface area (Å²) >= 11 is 0. The second-order valence-corrected chi connectivity index (χ2v) is 5.17. The number of benzene rings is 1. The van der Waals surface area contributed by atoms with E-state index in [4.69, 9.17) is 4.74 Å². The number of urea groups is 1. The highest BCUT2D eigenvalue weighted by Crippen LogP contribution is 2.21. The van der Waals surface area contributed by atoms with Crippen molar-refractivity contribution in [1.29, 1.82) is 0 Å². The van der Waals surface area contributed by atoms with Crippen LogP contribution in [0.4, 0.5) is 13.6 Å². The molecule has 1 aromatic carbocycles. The molecule has 0 bridgehead atoms. The van der Waals surface area contributed by atoms with Gasteiger partial charge >= 0.3 is 6.03 Å². The molecular formula is C15H20F2N2O2. The first-order chi connectivity index (χ1) is 10.1. The summed E-state index contributed by atoms with van der Waals surface area (Å²) in [5.41, 5.74) is 0.762. The molecule has 0 aliphatic heterocycles. The summed E-state index contributed by atoms with van der Waals surface area (Å²) < 4.78 is 31.7. The van der Waals surface area contributed by atoms with Crippen LogP contribution in [0.25, 0.3) is 0 Å². The van der Waals surface area contributed by atoms with E-state index in [1.165, 1.54) is 13.2 Å². The first-order valence-corrected chi connectivity index (χ1v) is 7.11. The van der Waals surface area contributed by atoms with Gasteiger partial charge in [-0.1, -0.05) is 6.07 Å². The van der Waals surface area contributed by atoms with Gasteiger partial charge in [-0.15, -0.1) is 0 Å². The Morgan fingerprint density at radius 3 is 2.86 bits per heavy atom. The van der Waals surface area contributed by atoms with Gasteiger partial charge in [-0.2, -0.15) is 0 Å². The van der Waals surface area contributed by atoms with E-state index in [0.29, 0.717) is 25.8 Å². The molecule has 2 rings (SSSR count). The van der Waals surface area contributed by atoms with Crippen LogP contribution in [-0.2, 0) is 6.42 Å². The van der Waals surface area contributed by atoms with Crippen molar-refractivity contribution < 1.29 is 18.3 Å². The Morgan fingerprint density at radius 1 is 1.43 bits per heavy atom. The van der Waals surface area contributed by atoms with Gasteiger partial charge in [-0.3, -0.25) is 0 Å². The lowest BCUT2D eigenvalue weighted by Gasteiger charge is -2.15. The molecule has 2 atom stereocenters. The van der Waals surface area contributed by atoms with Crippen LogP contribution in [0.5, 0.6) is 5.75 Å². The van der Waals surface area contributed by atoms with Gasteiger partial charge in [0.15, 0.2) is 11.6 Å². The van der Waals surface area contributed by atoms with Gasteiger partial charge in [0, 0.05) is 6.54 Å². The van der Waals surface area contributed by atoms with E-state index in [-0.39, 0.29) is 17.8 Å². The number of ether oxygens (including phenoxy) is 1. The third-order valence-corrected chi connectivity index (χ3v) is 3.66. The number of rotatable bonds is 5. The number of halogens is 2. The Morgan fingerprint density at radius 2 is 2.24 bits per heavy atom. The van der Waals surface area contributed by atoms with Gasteiger partial charge in [0.25, 0.3) is 0 Å². The van der Waals surface area contributed by atoms with Crippen LogP contribution in [0.2, 0.25) is 0 Å². The molecule has 21 heavy (non-hydrogen) atoms. The molecule has 116 valence electrons. The van der Waals surface area contributed by atoms with Crippen molar-refractivity contribution in [3.8, 4) is 5.75 Å². The standard InChI is InChI=1S/C15H20F2N2O2/c1-21-14-6-5-10(9-12(14)17)7-8-18-15(20)19-13-4-2-3-11(13)16/h5-6,9,11,13H,2-4,7-8H2,1H3,(H2,18,19,20)/t11-,13+/m1/s1. The van der Waals surface area contributed by atoms with E-state index in [0.717, 1.165) is 12.0 Å². The van der Waals surface area contributed by atoms with E-state index in [9.17, 15) is 13.6 Å². The zero-order chi connectivity index (χ0) is 15.2. The van der Waals surface area contributed by atoms with Crippen LogP contribution in [-0.4, -0.2) is 31.9 Å². The molecule has 1 saturated carbocycles. The molecule has 4 nitrogen and oxygen atoms in total. The fraction of sp³-hybridized carbons (Fsp3) is 0.533. The number of hydrogen-bond acceptors (Lipinski definition) is 2. The van der Waals surface area contributed by atoms with E-state index >= 15 is 0 Å². The molecule has 2 amide bonds. The number of carbonyl (C=O) groups is 1. The maximum Gasteiger partial charge on any atom is 0.315 e. The third kappa shape index (κ3) is 4.31. The summed E-state index contributed by atoms with van der Waals surface area (Å²) in [5.74, 6) is -0.231. The molecular weight excluding hydrogens is 278 g/mol. The number of alkyl halides is 1. The van der Waals surface area contributed by atoms with Crippen molar-refractivity contribution in [2.24, 2.45) is 0 Å². The lowest BCUT2D eigenvalue weighted by Crippen LogP contribution is -2.44. The Labute approximate surface area is 122 Å². The van der Waals surface area contributed by atoms with Crippen LogP contribution >= 0.6 is 0 Å². The van der Waals surface area contributed by atoms with E-state index in [1.54, 1.807) is 12.1 Å². The van der Waals surface area contributed by atoms with Gasteiger partial charge < -0.3 is 15.4 Å². The molecule has 1 fully saturated rings. The second-order valence-electron chi connectivity index (χ2n) is 5.17. The van der Waals surface area contributed by atoms with Crippen molar-refractivity contribution in [2.75, 3.05) is 13.7 Å². The molecule has 2 N–H and O–H groups in total. The summed E-state index contributed by atoms with van der Waals surface area (Å²) in [5, 5.41) is 5.28. The smallest absolute Gasteiger partial charge is 0.315 e. The average molecular weight is 298 g/mol. The summed E-state index contributed by atoms with van der Waals surface area (Å²) in [4.78, 5) is 11.6. The Balaban J connectivity index is 1.73. The molecule has 1 aromatic rings. The molecule has 1 aliphatic carbocycles. The molecule has 0 unspecified atom stereocenters. The van der Waals surface area contributed by atoms with E-state index in [1.807, 2.05) is 0 Å². The highest BCUT2D eigenvalue weighted by atomic mass is 19.1. The lowest BCUT2D eigenvalue weighted by molar-refractivity contribution is 0.225. The van der Waals surface area contributed by atoms with Crippen LogP contribution in [0, 0.1) is 5.82 Å². The predicted molar refractivity (Wildman–Crippen MR) is 75.7 cm³/mol. The first-order valence-electron chi connectivity index (χ1n) is 7.11. The number of methoxy groups -OCH3 is 1. The predicted octanol–water partition coefficient (Wildman–Crippen LogP) is 2.57. The summed E-state index contributed by atoms with van der Waals surface area (Å²) in [6, 6.07) is 3.92. The SMILES string of the molecule is COc1ccc(CCNC(=O)N[C@H]2CCC[C@H]2F)cc1F. The Bertz CT molecular complexity index is 497. The Kier molecular flexibility index (Phi) is 5.36. The quantitative estimate of drug-likeness (QED) is 0.878. The van der Waals surface area contributed by atoms with Gasteiger partial charge in [0.2, 0.25) is 0 Å². The van der Waals surface area contributed by atoms with Crippen molar-refractivity contribution >= 4 is 6.03 Å². The maximum absolute atomic E-state index is 13.5. The van der Waals surface area contributed by atoms with Crippen molar-refractivity contribution in [3.63, 3.8) is 0 Å². The van der Waals surface area contributed by atoms with Gasteiger partial charge in [0.1, 0.15) is 6.17 Å². The number of nitrogens with one attached hydrogen (secondary N) is 2. The summed E-state index contributed by atoms with van der Waals surface area (Å²) in [7, 11) is 1.41. The normalized spacial score (nSPS) is 21.1. The molecule has 0 aromatic heterocycles. The monoisotopic (exact) mass is 298 g/mol. The van der Waals surface area contributed by atoms with Gasteiger partial charge in [0.05, 0.1) is 13.2 Å². The molecule has 1 aliphatic rings. The van der Waals surface area contributed by atoms with Crippen molar-refractivity contribution in [3.05, 3.63) is 29.6 Å². The number of hydrogen-bond donors (Lipinski definition) is 2. The zero-order valence-electron chi connectivity index (χ0n) is 12.0. The average Bonchev–Trinajstić information content (AvgIpc) is 2.84. The highest BCUT2D eigenvalue weighted by molar-refractivity contribution is 5.74. The number of amides is 2. The first kappa shape index (κ1) is 15.5. The molecule has 0 radical (unpaired) electrons. The zero-order valence-corrected chi connectivity index (χ0v) is 12.0. The molecule has 0 spiro atoms. The van der Waals surface area contributed by atoms with E-state index in [2.05, 4.69) is 10.6 Å². The minimum atomic E-state index is -0.952. The molecule has 0 heterocycles. The third-order valence-electron chi connectivity index (χ3n) is 3.66. The summed E-state index contributed by atoms with van der Waals surface area (Å²) in [6.45, 7) is 0.362. The molecule has 0 saturated heterocycles. The maximum atomic E-state index is 13.5. The fourth-order valence-corrected chi connectivity index (χ4v) is 2.48. The van der Waals surface area contributed by atoms with Gasteiger partial charge in [-0.25, -0.2) is 13.6 Å². The van der Waals surface area contributed by atoms with Crippen molar-refractivity contribution in [2.45, 2.75) is 37.9 Å². The summed E-state index contributed by atoms with van der Waals surface area (Å²) in [6.07, 6.45) is 1.54. The topological polar surface area (TPSA) is 50.4 Å². The second kappa shape index (κ2) is 7.24. The van der Waals surface area contributed by atoms with E-state index < -0.39 is 12.0 Å². The number of carbonyl (C=O) groups excluding carboxylic acids is 1. The van der Waals surface area contributed by atoms with Crippen LogP contribution in [0.3, 0.4) is 0 Å². The minimum Gasteiger partial charge on any atom is -0.494 e. The van der Waals surface area contributed by atoms with Gasteiger partial charge in [-0.05, 0) is 43.4 Å². The molecule has 6 heteroatoms.